The summed E-state index contributed by atoms with van der Waals surface area (Å²) in [6, 6.07) is 4.72. The van der Waals surface area contributed by atoms with E-state index in [1.54, 1.807) is 19.2 Å². The van der Waals surface area contributed by atoms with Crippen molar-refractivity contribution in [2.75, 3.05) is 32.7 Å². The van der Waals surface area contributed by atoms with Crippen LogP contribution in [-0.4, -0.2) is 45.3 Å². The maximum absolute atomic E-state index is 12.5. The zero-order valence-electron chi connectivity index (χ0n) is 14.7. The highest BCUT2D eigenvalue weighted by Gasteiger charge is 2.11. The Kier molecular flexibility index (Phi) is 13.7. The molecular weight excluding hydrogens is 463 g/mol. The van der Waals surface area contributed by atoms with Gasteiger partial charge in [0.05, 0.1) is 7.11 Å². The Hall–Kier alpha value is -0.970. The number of rotatable bonds is 10. The van der Waals surface area contributed by atoms with Gasteiger partial charge in [0.25, 0.3) is 0 Å². The van der Waals surface area contributed by atoms with Gasteiger partial charge >= 0.3 is 6.61 Å². The fraction of sp³-hybridized carbons (Fsp3) is 0.562. The molecule has 0 spiro atoms. The fourth-order valence-corrected chi connectivity index (χ4v) is 2.50. The van der Waals surface area contributed by atoms with Crippen molar-refractivity contribution in [3.63, 3.8) is 0 Å². The number of unbranched alkanes of at least 4 members (excludes halogenated alkanes) is 1. The summed E-state index contributed by atoms with van der Waals surface area (Å²) in [4.78, 5) is 4.12. The van der Waals surface area contributed by atoms with Gasteiger partial charge in [-0.05, 0) is 43.0 Å². The van der Waals surface area contributed by atoms with Crippen LogP contribution in [0.4, 0.5) is 8.78 Å². The van der Waals surface area contributed by atoms with E-state index >= 15 is 0 Å². The Labute approximate surface area is 169 Å². The number of halogens is 3. The maximum Gasteiger partial charge on any atom is 0.387 e. The van der Waals surface area contributed by atoms with E-state index < -0.39 is 6.61 Å². The lowest BCUT2D eigenvalue weighted by Crippen LogP contribution is -2.37. The minimum atomic E-state index is -2.87. The number of hydrogen-bond acceptors (Lipinski definition) is 4. The molecule has 0 aliphatic rings. The van der Waals surface area contributed by atoms with Gasteiger partial charge in [0, 0.05) is 25.7 Å². The van der Waals surface area contributed by atoms with E-state index in [0.717, 1.165) is 25.1 Å². The highest BCUT2D eigenvalue weighted by atomic mass is 127. The first-order valence-corrected chi connectivity index (χ1v) is 9.05. The maximum atomic E-state index is 12.5. The van der Waals surface area contributed by atoms with Crippen molar-refractivity contribution in [1.29, 1.82) is 0 Å². The van der Waals surface area contributed by atoms with Gasteiger partial charge in [-0.3, -0.25) is 4.99 Å². The summed E-state index contributed by atoms with van der Waals surface area (Å²) in [5.41, 5.74) is 0.569. The van der Waals surface area contributed by atoms with Crippen molar-refractivity contribution >= 4 is 41.7 Å². The Morgan fingerprint density at radius 2 is 2.04 bits per heavy atom. The van der Waals surface area contributed by atoms with Gasteiger partial charge < -0.3 is 20.1 Å². The third kappa shape index (κ3) is 9.93. The number of alkyl halides is 2. The van der Waals surface area contributed by atoms with Crippen molar-refractivity contribution in [2.45, 2.75) is 26.0 Å². The molecule has 1 aromatic rings. The topological polar surface area (TPSA) is 54.9 Å². The molecule has 0 saturated carbocycles. The predicted octanol–water partition coefficient (Wildman–Crippen LogP) is 3.72. The second-order valence-electron chi connectivity index (χ2n) is 4.90. The van der Waals surface area contributed by atoms with Crippen molar-refractivity contribution in [3.8, 4) is 11.5 Å². The minimum Gasteiger partial charge on any atom is -0.497 e. The first-order chi connectivity index (χ1) is 11.6. The SMILES string of the molecule is CN=C(NCCCCSC)NCc1cc(OC)ccc1OC(F)F.I. The van der Waals surface area contributed by atoms with Crippen LogP contribution < -0.4 is 20.1 Å². The summed E-state index contributed by atoms with van der Waals surface area (Å²) in [6.07, 6.45) is 4.26. The summed E-state index contributed by atoms with van der Waals surface area (Å²) in [5.74, 6) is 2.44. The number of nitrogens with one attached hydrogen (secondary N) is 2. The fourth-order valence-electron chi connectivity index (χ4n) is 2.01. The van der Waals surface area contributed by atoms with E-state index in [2.05, 4.69) is 26.6 Å². The largest absolute Gasteiger partial charge is 0.497 e. The highest BCUT2D eigenvalue weighted by molar-refractivity contribution is 14.0. The number of aliphatic imine (C=N–C) groups is 1. The number of thioether (sulfide) groups is 1. The van der Waals surface area contributed by atoms with E-state index in [9.17, 15) is 8.78 Å². The van der Waals surface area contributed by atoms with Crippen LogP contribution in [0.15, 0.2) is 23.2 Å². The summed E-state index contributed by atoms with van der Waals surface area (Å²) in [6.45, 7) is -1.77. The van der Waals surface area contributed by atoms with Gasteiger partial charge in [-0.1, -0.05) is 0 Å². The summed E-state index contributed by atoms with van der Waals surface area (Å²) in [5, 5.41) is 6.29. The molecule has 0 fully saturated rings. The summed E-state index contributed by atoms with van der Waals surface area (Å²) in [7, 11) is 3.19. The molecule has 0 atom stereocenters. The number of nitrogens with zero attached hydrogens (tertiary/aromatic N) is 1. The van der Waals surface area contributed by atoms with Gasteiger partial charge in [0.2, 0.25) is 0 Å². The minimum absolute atomic E-state index is 0. The molecule has 1 aromatic carbocycles. The monoisotopic (exact) mass is 489 g/mol. The molecule has 9 heteroatoms. The van der Waals surface area contributed by atoms with Gasteiger partial charge in [0.15, 0.2) is 5.96 Å². The summed E-state index contributed by atoms with van der Waals surface area (Å²) >= 11 is 1.82. The zero-order chi connectivity index (χ0) is 17.8. The summed E-state index contributed by atoms with van der Waals surface area (Å²) < 4.78 is 34.7. The lowest BCUT2D eigenvalue weighted by Gasteiger charge is -2.15. The zero-order valence-corrected chi connectivity index (χ0v) is 17.8. The molecule has 2 N–H and O–H groups in total. The van der Waals surface area contributed by atoms with Gasteiger partial charge in [0.1, 0.15) is 11.5 Å². The standard InChI is InChI=1S/C16H25F2N3O2S.HI/c1-19-16(20-8-4-5-9-24-3)21-11-12-10-13(22-2)6-7-14(12)23-15(17)18;/h6-7,10,15H,4-5,8-9,11H2,1-3H3,(H2,19,20,21);1H. The Morgan fingerprint density at radius 3 is 2.64 bits per heavy atom. The van der Waals surface area contributed by atoms with Crippen LogP contribution in [0.25, 0.3) is 0 Å². The molecule has 25 heavy (non-hydrogen) atoms. The van der Waals surface area contributed by atoms with Crippen LogP contribution >= 0.6 is 35.7 Å². The average Bonchev–Trinajstić information content (AvgIpc) is 2.58. The highest BCUT2D eigenvalue weighted by Crippen LogP contribution is 2.25. The van der Waals surface area contributed by atoms with E-state index in [-0.39, 0.29) is 29.7 Å². The number of guanidine groups is 1. The molecule has 0 heterocycles. The molecule has 0 saturated heterocycles. The Morgan fingerprint density at radius 1 is 1.28 bits per heavy atom. The van der Waals surface area contributed by atoms with E-state index in [0.29, 0.717) is 23.8 Å². The third-order valence-corrected chi connectivity index (χ3v) is 3.92. The normalized spacial score (nSPS) is 11.0. The van der Waals surface area contributed by atoms with Crippen LogP contribution in [0, 0.1) is 0 Å². The van der Waals surface area contributed by atoms with E-state index in [1.807, 2.05) is 11.8 Å². The molecule has 0 bridgehead atoms. The molecule has 0 aliphatic carbocycles. The van der Waals surface area contributed by atoms with Crippen LogP contribution in [0.3, 0.4) is 0 Å². The van der Waals surface area contributed by atoms with Gasteiger partial charge in [-0.15, -0.1) is 24.0 Å². The molecule has 144 valence electrons. The van der Waals surface area contributed by atoms with Crippen LogP contribution in [-0.2, 0) is 6.54 Å². The number of benzene rings is 1. The quantitative estimate of drug-likeness (QED) is 0.227. The first-order valence-electron chi connectivity index (χ1n) is 7.66. The van der Waals surface area contributed by atoms with Gasteiger partial charge in [-0.25, -0.2) is 0 Å². The molecule has 0 radical (unpaired) electrons. The Balaban J connectivity index is 0.00000576. The van der Waals surface area contributed by atoms with Crippen molar-refractivity contribution in [2.24, 2.45) is 4.99 Å². The van der Waals surface area contributed by atoms with Crippen molar-refractivity contribution in [3.05, 3.63) is 23.8 Å². The van der Waals surface area contributed by atoms with E-state index in [1.165, 1.54) is 13.2 Å². The van der Waals surface area contributed by atoms with Crippen LogP contribution in [0.1, 0.15) is 18.4 Å². The molecule has 1 rings (SSSR count). The van der Waals surface area contributed by atoms with Crippen LogP contribution in [0.2, 0.25) is 0 Å². The van der Waals surface area contributed by atoms with Crippen molar-refractivity contribution < 1.29 is 18.3 Å². The van der Waals surface area contributed by atoms with E-state index in [4.69, 9.17) is 4.74 Å². The molecule has 0 amide bonds. The molecule has 0 unspecified atom stereocenters. The van der Waals surface area contributed by atoms with Crippen LogP contribution in [0.5, 0.6) is 11.5 Å². The lowest BCUT2D eigenvalue weighted by atomic mass is 10.2. The molecule has 0 aliphatic heterocycles. The third-order valence-electron chi connectivity index (χ3n) is 3.22. The molecule has 5 nitrogen and oxygen atoms in total. The number of methoxy groups -OCH3 is 1. The number of ether oxygens (including phenoxy) is 2. The molecule has 0 aromatic heterocycles. The number of hydrogen-bond donors (Lipinski definition) is 2. The van der Waals surface area contributed by atoms with Crippen molar-refractivity contribution in [1.82, 2.24) is 10.6 Å². The lowest BCUT2D eigenvalue weighted by molar-refractivity contribution is -0.0504. The smallest absolute Gasteiger partial charge is 0.387 e. The van der Waals surface area contributed by atoms with Gasteiger partial charge in [-0.2, -0.15) is 20.5 Å². The Bertz CT molecular complexity index is 522. The second kappa shape index (κ2) is 14.2. The predicted molar refractivity (Wildman–Crippen MR) is 111 cm³/mol. The molecular formula is C16H26F2IN3O2S. The average molecular weight is 489 g/mol. The second-order valence-corrected chi connectivity index (χ2v) is 5.89. The first kappa shape index (κ1) is 24.0.